The summed E-state index contributed by atoms with van der Waals surface area (Å²) in [5.74, 6) is 0.769. The summed E-state index contributed by atoms with van der Waals surface area (Å²) >= 11 is 0. The zero-order chi connectivity index (χ0) is 26.3. The van der Waals surface area contributed by atoms with Crippen molar-refractivity contribution in [2.24, 2.45) is 0 Å². The molecule has 3 aromatic rings. The minimum Gasteiger partial charge on any atom is -0.493 e. The van der Waals surface area contributed by atoms with Crippen LogP contribution < -0.4 is 19.1 Å². The normalized spacial score (nSPS) is 11.6. The molecule has 36 heavy (non-hydrogen) atoms. The fourth-order valence-electron chi connectivity index (χ4n) is 3.33. The number of alkyl halides is 3. The number of para-hydroxylation sites is 2. The Balaban J connectivity index is 1.62. The molecule has 0 aromatic heterocycles. The molecular weight excluding hydrogens is 497 g/mol. The van der Waals surface area contributed by atoms with E-state index in [1.165, 1.54) is 25.3 Å². The molecular formula is C25H25F3N2O5S. The van der Waals surface area contributed by atoms with Crippen LogP contribution in [0.1, 0.15) is 21.5 Å². The second-order valence-corrected chi connectivity index (χ2v) is 9.68. The molecule has 0 fully saturated rings. The summed E-state index contributed by atoms with van der Waals surface area (Å²) in [7, 11) is -2.35. The number of hydrogen-bond donors (Lipinski definition) is 1. The number of halogens is 3. The molecule has 3 rings (SSSR count). The smallest absolute Gasteiger partial charge is 0.416 e. The van der Waals surface area contributed by atoms with E-state index in [1.54, 1.807) is 30.3 Å². The largest absolute Gasteiger partial charge is 0.493 e. The van der Waals surface area contributed by atoms with E-state index in [2.05, 4.69) is 5.32 Å². The third kappa shape index (κ3) is 7.14. The number of carbonyl (C=O) groups is 1. The van der Waals surface area contributed by atoms with Gasteiger partial charge in [-0.2, -0.15) is 13.2 Å². The molecule has 0 radical (unpaired) electrons. The van der Waals surface area contributed by atoms with Crippen LogP contribution in [0.15, 0.2) is 72.8 Å². The van der Waals surface area contributed by atoms with E-state index < -0.39 is 21.8 Å². The number of hydrogen-bond acceptors (Lipinski definition) is 5. The number of ether oxygens (including phenoxy) is 2. The van der Waals surface area contributed by atoms with Gasteiger partial charge >= 0.3 is 6.18 Å². The van der Waals surface area contributed by atoms with Crippen molar-refractivity contribution in [1.82, 2.24) is 5.32 Å². The van der Waals surface area contributed by atoms with Gasteiger partial charge in [0.05, 0.1) is 37.7 Å². The van der Waals surface area contributed by atoms with E-state index in [0.717, 1.165) is 28.8 Å². The van der Waals surface area contributed by atoms with E-state index in [4.69, 9.17) is 9.47 Å². The van der Waals surface area contributed by atoms with Gasteiger partial charge in [0.1, 0.15) is 6.61 Å². The minimum absolute atomic E-state index is 0.107. The van der Waals surface area contributed by atoms with Crippen molar-refractivity contribution in [2.75, 3.05) is 30.8 Å². The summed E-state index contributed by atoms with van der Waals surface area (Å²) in [6.07, 6.45) is -3.69. The van der Waals surface area contributed by atoms with Gasteiger partial charge in [-0.25, -0.2) is 8.42 Å². The first kappa shape index (κ1) is 26.9. The average Bonchev–Trinajstić information content (AvgIpc) is 2.84. The molecule has 0 bridgehead atoms. The van der Waals surface area contributed by atoms with Crippen LogP contribution in [-0.2, 0) is 22.7 Å². The van der Waals surface area contributed by atoms with Gasteiger partial charge in [0, 0.05) is 5.56 Å². The summed E-state index contributed by atoms with van der Waals surface area (Å²) in [6, 6.07) is 17.4. The van der Waals surface area contributed by atoms with E-state index >= 15 is 0 Å². The molecule has 0 heterocycles. The van der Waals surface area contributed by atoms with E-state index in [-0.39, 0.29) is 31.3 Å². The molecule has 1 amide bonds. The number of carbonyl (C=O) groups excluding carboxylic acids is 1. The standard InChI is InChI=1S/C25H25F3N2O5S/c1-34-22-8-3-4-9-23(22)35-15-14-29-24(31)19-12-10-18(11-13-19)17-30(36(2,32)33)21-7-5-6-20(16-21)25(26,27)28/h3-13,16H,14-15,17H2,1-2H3,(H,29,31). The molecule has 192 valence electrons. The van der Waals surface area contributed by atoms with Crippen LogP contribution >= 0.6 is 0 Å². The maximum atomic E-state index is 13.1. The zero-order valence-corrected chi connectivity index (χ0v) is 20.4. The van der Waals surface area contributed by atoms with Gasteiger partial charge in [0.15, 0.2) is 11.5 Å². The van der Waals surface area contributed by atoms with Gasteiger partial charge in [-0.1, -0.05) is 30.3 Å². The maximum absolute atomic E-state index is 13.1. The first-order valence-electron chi connectivity index (χ1n) is 10.8. The van der Waals surface area contributed by atoms with Crippen molar-refractivity contribution in [3.05, 3.63) is 89.5 Å². The van der Waals surface area contributed by atoms with Crippen LogP contribution in [0.4, 0.5) is 18.9 Å². The van der Waals surface area contributed by atoms with E-state index in [9.17, 15) is 26.4 Å². The Morgan fingerprint density at radius 2 is 1.64 bits per heavy atom. The van der Waals surface area contributed by atoms with Crippen LogP contribution in [-0.4, -0.2) is 40.8 Å². The van der Waals surface area contributed by atoms with Crippen molar-refractivity contribution in [1.29, 1.82) is 0 Å². The number of benzene rings is 3. The molecule has 0 unspecified atom stereocenters. The van der Waals surface area contributed by atoms with Crippen LogP contribution in [0.3, 0.4) is 0 Å². The summed E-state index contributed by atoms with van der Waals surface area (Å²) < 4.78 is 75.6. The lowest BCUT2D eigenvalue weighted by atomic mass is 10.1. The van der Waals surface area contributed by atoms with E-state index in [0.29, 0.717) is 22.6 Å². The first-order valence-corrected chi connectivity index (χ1v) is 12.6. The number of rotatable bonds is 10. The quantitative estimate of drug-likeness (QED) is 0.397. The second-order valence-electron chi connectivity index (χ2n) is 7.77. The molecule has 0 spiro atoms. The molecule has 0 saturated carbocycles. The molecule has 0 aliphatic carbocycles. The molecule has 0 atom stereocenters. The number of anilines is 1. The van der Waals surface area contributed by atoms with Crippen LogP contribution in [0.25, 0.3) is 0 Å². The summed E-state index contributed by atoms with van der Waals surface area (Å²) in [5, 5.41) is 2.72. The van der Waals surface area contributed by atoms with Crippen molar-refractivity contribution in [3.63, 3.8) is 0 Å². The lowest BCUT2D eigenvalue weighted by Gasteiger charge is -2.23. The van der Waals surface area contributed by atoms with Crippen LogP contribution in [0.5, 0.6) is 11.5 Å². The lowest BCUT2D eigenvalue weighted by Crippen LogP contribution is -2.30. The summed E-state index contributed by atoms with van der Waals surface area (Å²) in [5.41, 5.74) is -0.227. The SMILES string of the molecule is COc1ccccc1OCCNC(=O)c1ccc(CN(c2cccc(C(F)(F)F)c2)S(C)(=O)=O)cc1. The third-order valence-corrected chi connectivity index (χ3v) is 6.26. The first-order chi connectivity index (χ1) is 17.0. The van der Waals surface area contributed by atoms with Gasteiger partial charge < -0.3 is 14.8 Å². The third-order valence-electron chi connectivity index (χ3n) is 5.12. The number of sulfonamides is 1. The predicted molar refractivity (Wildman–Crippen MR) is 130 cm³/mol. The Labute approximate surface area is 207 Å². The highest BCUT2D eigenvalue weighted by Crippen LogP contribution is 2.32. The number of nitrogens with zero attached hydrogens (tertiary/aromatic N) is 1. The van der Waals surface area contributed by atoms with Crippen molar-refractivity contribution in [2.45, 2.75) is 12.7 Å². The second kappa shape index (κ2) is 11.3. The number of amides is 1. The van der Waals surface area contributed by atoms with Gasteiger partial charge in [-0.15, -0.1) is 0 Å². The van der Waals surface area contributed by atoms with E-state index in [1.807, 2.05) is 6.07 Å². The molecule has 1 N–H and O–H groups in total. The number of methoxy groups -OCH3 is 1. The predicted octanol–water partition coefficient (Wildman–Crippen LogP) is 4.49. The molecule has 0 aliphatic heterocycles. The molecule has 11 heteroatoms. The topological polar surface area (TPSA) is 84.9 Å². The Morgan fingerprint density at radius 3 is 2.25 bits per heavy atom. The van der Waals surface area contributed by atoms with Gasteiger partial charge in [-0.05, 0) is 48.0 Å². The number of nitrogens with one attached hydrogen (secondary N) is 1. The summed E-state index contributed by atoms with van der Waals surface area (Å²) in [6.45, 7) is 0.245. The van der Waals surface area contributed by atoms with Gasteiger partial charge in [0.2, 0.25) is 10.0 Å². The Morgan fingerprint density at radius 1 is 0.972 bits per heavy atom. The molecule has 7 nitrogen and oxygen atoms in total. The molecule has 0 saturated heterocycles. The Kier molecular flexibility index (Phi) is 8.46. The monoisotopic (exact) mass is 522 g/mol. The molecule has 3 aromatic carbocycles. The Bertz CT molecular complexity index is 1300. The fourth-order valence-corrected chi connectivity index (χ4v) is 4.21. The van der Waals surface area contributed by atoms with Gasteiger partial charge in [0.25, 0.3) is 5.91 Å². The fraction of sp³-hybridized carbons (Fsp3) is 0.240. The van der Waals surface area contributed by atoms with Crippen molar-refractivity contribution >= 4 is 21.6 Å². The van der Waals surface area contributed by atoms with Crippen LogP contribution in [0, 0.1) is 0 Å². The lowest BCUT2D eigenvalue weighted by molar-refractivity contribution is -0.137. The average molecular weight is 523 g/mol. The Hall–Kier alpha value is -3.73. The van der Waals surface area contributed by atoms with Gasteiger partial charge in [-0.3, -0.25) is 9.10 Å². The highest BCUT2D eigenvalue weighted by molar-refractivity contribution is 7.92. The maximum Gasteiger partial charge on any atom is 0.416 e. The van der Waals surface area contributed by atoms with Crippen molar-refractivity contribution in [3.8, 4) is 11.5 Å². The zero-order valence-electron chi connectivity index (χ0n) is 19.6. The minimum atomic E-state index is -4.60. The van der Waals surface area contributed by atoms with Crippen LogP contribution in [0.2, 0.25) is 0 Å². The molecule has 0 aliphatic rings. The highest BCUT2D eigenvalue weighted by atomic mass is 32.2. The highest BCUT2D eigenvalue weighted by Gasteiger charge is 2.31. The summed E-state index contributed by atoms with van der Waals surface area (Å²) in [4.78, 5) is 12.4. The van der Waals surface area contributed by atoms with Crippen molar-refractivity contribution < 1.29 is 35.9 Å².